The summed E-state index contributed by atoms with van der Waals surface area (Å²) in [7, 11) is -6.29. The molecule has 0 bridgehead atoms. The Bertz CT molecular complexity index is 1560. The third-order valence-electron chi connectivity index (χ3n) is 6.64. The number of aliphatic hydroxyl groups is 1. The molecule has 0 spiro atoms. The topological polar surface area (TPSA) is 133 Å². The van der Waals surface area contributed by atoms with E-state index in [0.29, 0.717) is 5.02 Å². The van der Waals surface area contributed by atoms with Crippen molar-refractivity contribution >= 4 is 54.6 Å². The number of carbonyl (C=O) groups excluding carboxylic acids is 1. The van der Waals surface area contributed by atoms with Crippen LogP contribution in [0.15, 0.2) is 69.1 Å². The molecule has 0 radical (unpaired) electrons. The number of thiophene rings is 1. The van der Waals surface area contributed by atoms with E-state index in [1.54, 1.807) is 18.4 Å². The summed E-state index contributed by atoms with van der Waals surface area (Å²) < 4.78 is 62.1. The Morgan fingerprint density at radius 1 is 1.18 bits per heavy atom. The number of hydrogen-bond donors (Lipinski definition) is 2. The maximum atomic E-state index is 13.6. The second kappa shape index (κ2) is 12.0. The number of fused-ring (bicyclic) bond motifs is 1. The van der Waals surface area contributed by atoms with Crippen LogP contribution < -0.4 is 9.46 Å². The minimum atomic E-state index is -3.87. The van der Waals surface area contributed by atoms with Crippen LogP contribution in [0.5, 0.6) is 5.75 Å². The number of carbonyl (C=O) groups is 1. The molecule has 0 saturated heterocycles. The van der Waals surface area contributed by atoms with Gasteiger partial charge in [0.1, 0.15) is 16.1 Å². The molecule has 0 saturated carbocycles. The fourth-order valence-corrected chi connectivity index (χ4v) is 7.62. The quantitative estimate of drug-likeness (QED) is 0.369. The third kappa shape index (κ3) is 6.45. The van der Waals surface area contributed by atoms with E-state index in [2.05, 4.69) is 4.72 Å². The van der Waals surface area contributed by atoms with Gasteiger partial charge in [-0.05, 0) is 60.8 Å². The highest BCUT2D eigenvalue weighted by atomic mass is 35.5. The van der Waals surface area contributed by atoms with Crippen LogP contribution in [0.2, 0.25) is 5.02 Å². The standard InChI is InChI=1S/C26H30ClN3O7S3/c1-17-14-30(18(2)16-31)26(32)22-13-20(28-39(33,34)25-5-4-12-38-25)8-11-23(22)37-24(17)15-29(3)40(35,36)21-9-6-19(27)7-10-21/h4-13,17-18,24,28,31H,14-16H2,1-3H3/t17-,18-,24+/m0/s1. The Morgan fingerprint density at radius 2 is 1.88 bits per heavy atom. The van der Waals surface area contributed by atoms with Crippen molar-refractivity contribution in [1.82, 2.24) is 9.21 Å². The lowest BCUT2D eigenvalue weighted by Crippen LogP contribution is -2.50. The van der Waals surface area contributed by atoms with Gasteiger partial charge in [0.15, 0.2) is 0 Å². The second-order valence-corrected chi connectivity index (χ2v) is 14.9. The normalized spacial score (nSPS) is 18.9. The van der Waals surface area contributed by atoms with Gasteiger partial charge < -0.3 is 14.7 Å². The highest BCUT2D eigenvalue weighted by Crippen LogP contribution is 2.32. The molecule has 4 rings (SSSR count). The van der Waals surface area contributed by atoms with Crippen LogP contribution in [0.25, 0.3) is 0 Å². The predicted molar refractivity (Wildman–Crippen MR) is 154 cm³/mol. The van der Waals surface area contributed by atoms with Gasteiger partial charge in [-0.25, -0.2) is 16.8 Å². The number of nitrogens with zero attached hydrogens (tertiary/aromatic N) is 2. The zero-order chi connectivity index (χ0) is 29.2. The minimum absolute atomic E-state index is 0.0339. The first-order chi connectivity index (χ1) is 18.8. The summed E-state index contributed by atoms with van der Waals surface area (Å²) >= 11 is 6.98. The van der Waals surface area contributed by atoms with Gasteiger partial charge in [0.05, 0.1) is 29.7 Å². The van der Waals surface area contributed by atoms with Crippen molar-refractivity contribution in [3.05, 3.63) is 70.6 Å². The Labute approximate surface area is 243 Å². The summed E-state index contributed by atoms with van der Waals surface area (Å²) in [6, 6.07) is 12.7. The van der Waals surface area contributed by atoms with E-state index >= 15 is 0 Å². The van der Waals surface area contributed by atoms with Gasteiger partial charge in [-0.1, -0.05) is 24.6 Å². The van der Waals surface area contributed by atoms with Crippen molar-refractivity contribution in [2.24, 2.45) is 5.92 Å². The predicted octanol–water partition coefficient (Wildman–Crippen LogP) is 3.74. The number of sulfonamides is 2. The van der Waals surface area contributed by atoms with Crippen LogP contribution in [0, 0.1) is 5.92 Å². The molecule has 1 amide bonds. The van der Waals surface area contributed by atoms with E-state index in [4.69, 9.17) is 16.3 Å². The zero-order valence-corrected chi connectivity index (χ0v) is 25.2. The summed E-state index contributed by atoms with van der Waals surface area (Å²) in [6.45, 7) is 3.38. The maximum absolute atomic E-state index is 13.6. The molecular weight excluding hydrogens is 598 g/mol. The number of hydrogen-bond acceptors (Lipinski definition) is 8. The van der Waals surface area contributed by atoms with Crippen molar-refractivity contribution in [3.63, 3.8) is 0 Å². The molecule has 40 heavy (non-hydrogen) atoms. The summed E-state index contributed by atoms with van der Waals surface area (Å²) in [5.41, 5.74) is 0.250. The number of likely N-dealkylation sites (N-methyl/N-ethyl adjacent to an activating group) is 1. The first-order valence-electron chi connectivity index (χ1n) is 12.3. The zero-order valence-electron chi connectivity index (χ0n) is 22.0. The lowest BCUT2D eigenvalue weighted by molar-refractivity contribution is 0.0387. The minimum Gasteiger partial charge on any atom is -0.488 e. The molecule has 0 aliphatic carbocycles. The van der Waals surface area contributed by atoms with E-state index in [0.717, 1.165) is 11.3 Å². The lowest BCUT2D eigenvalue weighted by Gasteiger charge is -2.38. The fraction of sp³-hybridized carbons (Fsp3) is 0.346. The Kier molecular flexibility index (Phi) is 9.12. The maximum Gasteiger partial charge on any atom is 0.271 e. The first-order valence-corrected chi connectivity index (χ1v) is 16.5. The van der Waals surface area contributed by atoms with E-state index in [1.165, 1.54) is 64.8 Å². The molecule has 1 aliphatic rings. The molecule has 216 valence electrons. The molecular formula is C26H30ClN3O7S3. The Balaban J connectivity index is 1.68. The molecule has 0 fully saturated rings. The molecule has 3 atom stereocenters. The lowest BCUT2D eigenvalue weighted by atomic mass is 9.99. The van der Waals surface area contributed by atoms with Gasteiger partial charge >= 0.3 is 0 Å². The van der Waals surface area contributed by atoms with Crippen LogP contribution in [0.1, 0.15) is 24.2 Å². The van der Waals surface area contributed by atoms with Crippen LogP contribution in [0.3, 0.4) is 0 Å². The Hall–Kier alpha value is -2.68. The molecule has 2 heterocycles. The average molecular weight is 628 g/mol. The second-order valence-electron chi connectivity index (χ2n) is 9.61. The molecule has 0 unspecified atom stereocenters. The third-order valence-corrected chi connectivity index (χ3v) is 11.5. The van der Waals surface area contributed by atoms with E-state index in [9.17, 15) is 26.7 Å². The first kappa shape index (κ1) is 30.3. The Morgan fingerprint density at radius 3 is 2.50 bits per heavy atom. The number of ether oxygens (including phenoxy) is 1. The largest absolute Gasteiger partial charge is 0.488 e. The average Bonchev–Trinajstić information content (AvgIpc) is 3.47. The van der Waals surface area contributed by atoms with E-state index < -0.39 is 38.1 Å². The van der Waals surface area contributed by atoms with Crippen LogP contribution in [-0.2, 0) is 20.0 Å². The SMILES string of the molecule is C[C@H]1CN([C@@H](C)CO)C(=O)c2cc(NS(=O)(=O)c3cccs3)ccc2O[C@@H]1CN(C)S(=O)(=O)c1ccc(Cl)cc1. The van der Waals surface area contributed by atoms with Crippen LogP contribution in [0.4, 0.5) is 5.69 Å². The molecule has 14 heteroatoms. The molecule has 2 N–H and O–H groups in total. The van der Waals surface area contributed by atoms with Crippen molar-refractivity contribution in [2.45, 2.75) is 35.1 Å². The number of benzene rings is 2. The molecule has 2 aromatic carbocycles. The number of rotatable bonds is 9. The van der Waals surface area contributed by atoms with E-state index in [-0.39, 0.29) is 51.7 Å². The van der Waals surface area contributed by atoms with Crippen molar-refractivity contribution < 1.29 is 31.5 Å². The van der Waals surface area contributed by atoms with Crippen LogP contribution >= 0.6 is 22.9 Å². The van der Waals surface area contributed by atoms with Gasteiger partial charge in [0, 0.05) is 30.2 Å². The molecule has 10 nitrogen and oxygen atoms in total. The number of aliphatic hydroxyl groups excluding tert-OH is 1. The number of amides is 1. The fourth-order valence-electron chi connectivity index (χ4n) is 4.26. The van der Waals surface area contributed by atoms with Gasteiger partial charge in [-0.15, -0.1) is 11.3 Å². The monoisotopic (exact) mass is 627 g/mol. The van der Waals surface area contributed by atoms with E-state index in [1.807, 2.05) is 6.92 Å². The van der Waals surface area contributed by atoms with Crippen molar-refractivity contribution in [3.8, 4) is 5.75 Å². The number of halogens is 1. The molecule has 1 aliphatic heterocycles. The summed E-state index contributed by atoms with van der Waals surface area (Å²) in [5.74, 6) is -0.597. The van der Waals surface area contributed by atoms with Gasteiger partial charge in [-0.3, -0.25) is 9.52 Å². The number of anilines is 1. The van der Waals surface area contributed by atoms with Crippen molar-refractivity contribution in [1.29, 1.82) is 0 Å². The van der Waals surface area contributed by atoms with Gasteiger partial charge in [0.2, 0.25) is 10.0 Å². The van der Waals surface area contributed by atoms with Crippen LogP contribution in [-0.4, -0.2) is 75.9 Å². The van der Waals surface area contributed by atoms with Crippen molar-refractivity contribution in [2.75, 3.05) is 31.5 Å². The summed E-state index contributed by atoms with van der Waals surface area (Å²) in [4.78, 5) is 15.2. The highest BCUT2D eigenvalue weighted by molar-refractivity contribution is 7.94. The summed E-state index contributed by atoms with van der Waals surface area (Å²) in [6.07, 6.45) is -0.680. The number of nitrogens with one attached hydrogen (secondary N) is 1. The molecule has 3 aromatic rings. The smallest absolute Gasteiger partial charge is 0.271 e. The van der Waals surface area contributed by atoms with Gasteiger partial charge in [0.25, 0.3) is 15.9 Å². The molecule has 1 aromatic heterocycles. The highest BCUT2D eigenvalue weighted by Gasteiger charge is 2.35. The summed E-state index contributed by atoms with van der Waals surface area (Å²) in [5, 5.41) is 11.9. The van der Waals surface area contributed by atoms with Gasteiger partial charge in [-0.2, -0.15) is 4.31 Å².